The van der Waals surface area contributed by atoms with Crippen LogP contribution < -0.4 is 0 Å². The summed E-state index contributed by atoms with van der Waals surface area (Å²) in [5.74, 6) is 0.824. The Balaban J connectivity index is 1.91. The first-order valence-corrected chi connectivity index (χ1v) is 9.39. The fourth-order valence-corrected chi connectivity index (χ4v) is 5.06. The van der Waals surface area contributed by atoms with E-state index >= 15 is 0 Å². The number of benzene rings is 3. The number of allylic oxidation sites excluding steroid dienone is 4. The van der Waals surface area contributed by atoms with Crippen molar-refractivity contribution in [2.45, 2.75) is 18.3 Å². The molecule has 26 heavy (non-hydrogen) atoms. The summed E-state index contributed by atoms with van der Waals surface area (Å²) in [4.78, 5) is 0. The Morgan fingerprint density at radius 2 is 1.31 bits per heavy atom. The van der Waals surface area contributed by atoms with Gasteiger partial charge in [-0.25, -0.2) is 0 Å². The molecule has 0 heterocycles. The van der Waals surface area contributed by atoms with Crippen molar-refractivity contribution in [3.8, 4) is 0 Å². The first-order valence-electron chi connectivity index (χ1n) is 9.39. The van der Waals surface area contributed by atoms with Gasteiger partial charge in [0.15, 0.2) is 0 Å². The molecule has 0 aliphatic heterocycles. The molecule has 0 spiro atoms. The zero-order valence-electron chi connectivity index (χ0n) is 15.0. The predicted molar refractivity (Wildman–Crippen MR) is 108 cm³/mol. The highest BCUT2D eigenvalue weighted by Gasteiger charge is 2.52. The third-order valence-electron chi connectivity index (χ3n) is 6.09. The highest BCUT2D eigenvalue weighted by atomic mass is 14.5. The lowest BCUT2D eigenvalue weighted by molar-refractivity contribution is 0.456. The summed E-state index contributed by atoms with van der Waals surface area (Å²) in [6.45, 7) is 2.20. The van der Waals surface area contributed by atoms with Crippen LogP contribution in [0.1, 0.15) is 33.7 Å². The molecule has 0 saturated carbocycles. The van der Waals surface area contributed by atoms with Crippen molar-refractivity contribution in [1.82, 2.24) is 0 Å². The van der Waals surface area contributed by atoms with E-state index in [0.29, 0.717) is 11.8 Å². The van der Waals surface area contributed by atoms with Gasteiger partial charge in [0.05, 0.1) is 5.41 Å². The van der Waals surface area contributed by atoms with E-state index in [0.717, 1.165) is 0 Å². The van der Waals surface area contributed by atoms with Gasteiger partial charge in [-0.3, -0.25) is 0 Å². The lowest BCUT2D eigenvalue weighted by Gasteiger charge is -2.38. The molecule has 2 aliphatic rings. The molecule has 126 valence electrons. The molecule has 0 amide bonds. The normalized spacial score (nSPS) is 22.0. The second-order valence-corrected chi connectivity index (χ2v) is 7.45. The summed E-state index contributed by atoms with van der Waals surface area (Å²) >= 11 is 0. The Morgan fingerprint density at radius 1 is 0.692 bits per heavy atom. The lowest BCUT2D eigenvalue weighted by Crippen LogP contribution is -2.35. The minimum atomic E-state index is -0.143. The average Bonchev–Trinajstić information content (AvgIpc) is 3.00. The Bertz CT molecular complexity index is 953. The van der Waals surface area contributed by atoms with Gasteiger partial charge in [0.25, 0.3) is 0 Å². The third-order valence-corrected chi connectivity index (χ3v) is 6.09. The molecule has 0 saturated heterocycles. The van der Waals surface area contributed by atoms with Crippen molar-refractivity contribution in [1.29, 1.82) is 0 Å². The van der Waals surface area contributed by atoms with Crippen LogP contribution in [0.4, 0.5) is 0 Å². The van der Waals surface area contributed by atoms with Crippen LogP contribution in [0.3, 0.4) is 0 Å². The van der Waals surface area contributed by atoms with Crippen LogP contribution in [0.25, 0.3) is 0 Å². The van der Waals surface area contributed by atoms with E-state index < -0.39 is 0 Å². The SMILES string of the molecule is Cc1ccc2c(c1)C(c1ccccc1)(c1ccccc1)C1C=CC=CC21. The van der Waals surface area contributed by atoms with Gasteiger partial charge in [-0.1, -0.05) is 109 Å². The van der Waals surface area contributed by atoms with Crippen LogP contribution in [0.15, 0.2) is 103 Å². The molecule has 2 aliphatic carbocycles. The van der Waals surface area contributed by atoms with Gasteiger partial charge < -0.3 is 0 Å². The quantitative estimate of drug-likeness (QED) is 0.526. The number of hydrogen-bond acceptors (Lipinski definition) is 0. The largest absolute Gasteiger partial charge is 0.0789 e. The molecule has 0 radical (unpaired) electrons. The zero-order valence-corrected chi connectivity index (χ0v) is 15.0. The second-order valence-electron chi connectivity index (χ2n) is 7.45. The third kappa shape index (κ3) is 2.02. The minimum Gasteiger partial charge on any atom is -0.0789 e. The summed E-state index contributed by atoms with van der Waals surface area (Å²) in [5, 5.41) is 0. The van der Waals surface area contributed by atoms with Crippen LogP contribution in [-0.2, 0) is 5.41 Å². The Kier molecular flexibility index (Phi) is 3.46. The first kappa shape index (κ1) is 15.4. The molecule has 0 nitrogen and oxygen atoms in total. The summed E-state index contributed by atoms with van der Waals surface area (Å²) in [5.41, 5.74) is 6.87. The van der Waals surface area contributed by atoms with E-state index in [-0.39, 0.29) is 5.41 Å². The zero-order chi connectivity index (χ0) is 17.6. The van der Waals surface area contributed by atoms with Gasteiger partial charge >= 0.3 is 0 Å². The van der Waals surface area contributed by atoms with E-state index in [1.165, 1.54) is 27.8 Å². The van der Waals surface area contributed by atoms with Crippen molar-refractivity contribution in [3.05, 3.63) is 131 Å². The van der Waals surface area contributed by atoms with Gasteiger partial charge in [-0.2, -0.15) is 0 Å². The maximum Gasteiger partial charge on any atom is 0.0525 e. The fraction of sp³-hybridized carbons (Fsp3) is 0.154. The fourth-order valence-electron chi connectivity index (χ4n) is 5.06. The maximum absolute atomic E-state index is 2.42. The molecule has 0 bridgehead atoms. The summed E-state index contributed by atoms with van der Waals surface area (Å²) < 4.78 is 0. The van der Waals surface area contributed by atoms with Gasteiger partial charge in [0, 0.05) is 11.8 Å². The molecule has 2 unspecified atom stereocenters. The van der Waals surface area contributed by atoms with Gasteiger partial charge in [-0.05, 0) is 29.2 Å². The summed E-state index contributed by atoms with van der Waals surface area (Å²) in [6, 6.07) is 29.1. The molecule has 0 N–H and O–H groups in total. The molecule has 0 fully saturated rings. The Morgan fingerprint density at radius 3 is 1.96 bits per heavy atom. The van der Waals surface area contributed by atoms with Crippen LogP contribution in [0.2, 0.25) is 0 Å². The van der Waals surface area contributed by atoms with Crippen LogP contribution in [0.5, 0.6) is 0 Å². The monoisotopic (exact) mass is 334 g/mol. The van der Waals surface area contributed by atoms with E-state index in [9.17, 15) is 0 Å². The molecular formula is C26H22. The molecular weight excluding hydrogens is 312 g/mol. The predicted octanol–water partition coefficient (Wildman–Crippen LogP) is 6.17. The van der Waals surface area contributed by atoms with E-state index in [1.807, 2.05) is 0 Å². The lowest BCUT2D eigenvalue weighted by atomic mass is 9.63. The number of aryl methyl sites for hydroxylation is 1. The molecule has 2 atom stereocenters. The van der Waals surface area contributed by atoms with E-state index in [4.69, 9.17) is 0 Å². The van der Waals surface area contributed by atoms with Crippen molar-refractivity contribution >= 4 is 0 Å². The van der Waals surface area contributed by atoms with Crippen LogP contribution in [-0.4, -0.2) is 0 Å². The molecule has 3 aromatic carbocycles. The molecule has 5 rings (SSSR count). The highest BCUT2D eigenvalue weighted by Crippen LogP contribution is 2.59. The molecule has 0 heteroatoms. The van der Waals surface area contributed by atoms with Crippen LogP contribution in [0, 0.1) is 12.8 Å². The number of hydrogen-bond donors (Lipinski definition) is 0. The van der Waals surface area contributed by atoms with Crippen LogP contribution >= 0.6 is 0 Å². The number of rotatable bonds is 2. The summed E-state index contributed by atoms with van der Waals surface area (Å²) in [7, 11) is 0. The molecule has 3 aromatic rings. The minimum absolute atomic E-state index is 0.143. The average molecular weight is 334 g/mol. The Hall–Kier alpha value is -2.86. The van der Waals surface area contributed by atoms with Crippen molar-refractivity contribution < 1.29 is 0 Å². The van der Waals surface area contributed by atoms with Crippen molar-refractivity contribution in [2.75, 3.05) is 0 Å². The Labute approximate surface area is 155 Å². The van der Waals surface area contributed by atoms with E-state index in [2.05, 4.69) is 110 Å². The first-order chi connectivity index (χ1) is 12.8. The maximum atomic E-state index is 2.42. The second kappa shape index (κ2) is 5.85. The smallest absolute Gasteiger partial charge is 0.0525 e. The molecule has 0 aromatic heterocycles. The van der Waals surface area contributed by atoms with Crippen molar-refractivity contribution in [3.63, 3.8) is 0 Å². The van der Waals surface area contributed by atoms with Gasteiger partial charge in [0.2, 0.25) is 0 Å². The topological polar surface area (TPSA) is 0 Å². The van der Waals surface area contributed by atoms with E-state index in [1.54, 1.807) is 0 Å². The van der Waals surface area contributed by atoms with Gasteiger partial charge in [-0.15, -0.1) is 0 Å². The van der Waals surface area contributed by atoms with Crippen molar-refractivity contribution in [2.24, 2.45) is 5.92 Å². The number of fused-ring (bicyclic) bond motifs is 3. The standard InChI is InChI=1S/C26H22/c1-19-16-17-23-22-14-8-9-15-24(22)26(25(23)18-19,20-10-4-2-5-11-20)21-12-6-3-7-13-21/h2-18,22,24H,1H3. The highest BCUT2D eigenvalue weighted by molar-refractivity contribution is 5.63. The van der Waals surface area contributed by atoms with Gasteiger partial charge in [0.1, 0.15) is 0 Å². The summed E-state index contributed by atoms with van der Waals surface area (Å²) in [6.07, 6.45) is 9.23.